The van der Waals surface area contributed by atoms with E-state index in [2.05, 4.69) is 20.1 Å². The average Bonchev–Trinajstić information content (AvgIpc) is 3.33. The van der Waals surface area contributed by atoms with E-state index in [1.54, 1.807) is 7.11 Å². The number of piperidine rings is 1. The van der Waals surface area contributed by atoms with Gasteiger partial charge in [0.15, 0.2) is 10.9 Å². The Labute approximate surface area is 172 Å². The van der Waals surface area contributed by atoms with Gasteiger partial charge in [-0.15, -0.1) is 0 Å². The van der Waals surface area contributed by atoms with Gasteiger partial charge in [0.1, 0.15) is 11.3 Å². The first-order valence-electron chi connectivity index (χ1n) is 10.1. The number of thiazole rings is 1. The molecule has 2 unspecified atom stereocenters. The van der Waals surface area contributed by atoms with Crippen molar-refractivity contribution in [1.82, 2.24) is 14.8 Å². The number of amides is 1. The second-order valence-electron chi connectivity index (χ2n) is 7.81. The first-order valence-corrected chi connectivity index (χ1v) is 10.9. The maximum Gasteiger partial charge on any atom is 0.230 e. The number of nitrogens with zero attached hydrogens (tertiary/aromatic N) is 3. The minimum atomic E-state index is -0.708. The maximum absolute atomic E-state index is 13.9. The molecular weight excluding hydrogens is 398 g/mol. The van der Waals surface area contributed by atoms with E-state index < -0.39 is 11.6 Å². The van der Waals surface area contributed by atoms with E-state index in [1.807, 2.05) is 0 Å². The van der Waals surface area contributed by atoms with Gasteiger partial charge in [-0.2, -0.15) is 0 Å². The summed E-state index contributed by atoms with van der Waals surface area (Å²) in [5, 5.41) is 3.14. The third-order valence-electron chi connectivity index (χ3n) is 5.84. The summed E-state index contributed by atoms with van der Waals surface area (Å²) in [6.45, 7) is 5.50. The van der Waals surface area contributed by atoms with Crippen LogP contribution in [-0.2, 0) is 9.53 Å². The van der Waals surface area contributed by atoms with E-state index in [0.29, 0.717) is 15.9 Å². The minimum absolute atomic E-state index is 0.0936. The summed E-state index contributed by atoms with van der Waals surface area (Å²) >= 11 is 1.10. The lowest BCUT2D eigenvalue weighted by Crippen LogP contribution is -2.46. The number of likely N-dealkylation sites (tertiary alicyclic amines) is 2. The molecule has 2 aromatic rings. The van der Waals surface area contributed by atoms with Crippen LogP contribution in [-0.4, -0.2) is 73.2 Å². The molecule has 0 saturated carbocycles. The number of hydrogen-bond acceptors (Lipinski definition) is 6. The summed E-state index contributed by atoms with van der Waals surface area (Å²) < 4.78 is 32.8. The van der Waals surface area contributed by atoms with Gasteiger partial charge in [-0.25, -0.2) is 13.8 Å². The fourth-order valence-electron chi connectivity index (χ4n) is 4.30. The lowest BCUT2D eigenvalue weighted by atomic mass is 9.95. The molecule has 9 heteroatoms. The van der Waals surface area contributed by atoms with Gasteiger partial charge in [0.25, 0.3) is 0 Å². The van der Waals surface area contributed by atoms with Crippen LogP contribution in [0.1, 0.15) is 19.3 Å². The molecule has 2 fully saturated rings. The lowest BCUT2D eigenvalue weighted by molar-refractivity contribution is -0.121. The smallest absolute Gasteiger partial charge is 0.230 e. The van der Waals surface area contributed by atoms with Gasteiger partial charge in [-0.3, -0.25) is 14.6 Å². The van der Waals surface area contributed by atoms with Gasteiger partial charge < -0.3 is 10.1 Å². The number of rotatable bonds is 6. The van der Waals surface area contributed by atoms with Crippen LogP contribution in [0.15, 0.2) is 12.1 Å². The van der Waals surface area contributed by atoms with Crippen LogP contribution in [0.3, 0.4) is 0 Å². The molecule has 3 heterocycles. The van der Waals surface area contributed by atoms with Crippen LogP contribution in [0.4, 0.5) is 13.9 Å². The molecule has 0 radical (unpaired) electrons. The van der Waals surface area contributed by atoms with Crippen LogP contribution < -0.4 is 5.32 Å². The minimum Gasteiger partial charge on any atom is -0.383 e. The SMILES string of the molecule is COCCN1CCC(N2CCCC(C(=O)Nc3nc4c(F)cc(F)cc4s3)C2)C1. The Bertz CT molecular complexity index is 878. The normalized spacial score (nSPS) is 23.7. The maximum atomic E-state index is 13.9. The molecule has 29 heavy (non-hydrogen) atoms. The standard InChI is InChI=1S/C20H26F2N4O2S/c1-28-8-7-25-6-4-15(12-25)26-5-2-3-13(11-26)19(27)24-20-23-18-16(22)9-14(21)10-17(18)29-20/h9-10,13,15H,2-8,11-12H2,1H3,(H,23,24,27). The summed E-state index contributed by atoms with van der Waals surface area (Å²) in [5.74, 6) is -1.57. The van der Waals surface area contributed by atoms with Crippen molar-refractivity contribution in [2.24, 2.45) is 5.92 Å². The van der Waals surface area contributed by atoms with Crippen LogP contribution in [0.2, 0.25) is 0 Å². The molecule has 1 amide bonds. The average molecular weight is 425 g/mol. The highest BCUT2D eigenvalue weighted by atomic mass is 32.1. The van der Waals surface area contributed by atoms with Crippen molar-refractivity contribution >= 4 is 32.6 Å². The summed E-state index contributed by atoms with van der Waals surface area (Å²) in [5.41, 5.74) is 0.0964. The Hall–Kier alpha value is -1.68. The summed E-state index contributed by atoms with van der Waals surface area (Å²) in [6, 6.07) is 2.52. The number of methoxy groups -OCH3 is 1. The molecule has 0 bridgehead atoms. The zero-order valence-electron chi connectivity index (χ0n) is 16.5. The molecule has 2 saturated heterocycles. The topological polar surface area (TPSA) is 57.7 Å². The van der Waals surface area contributed by atoms with Crippen molar-refractivity contribution in [2.45, 2.75) is 25.3 Å². The molecule has 1 aromatic carbocycles. The predicted octanol–water partition coefficient (Wildman–Crippen LogP) is 2.95. The van der Waals surface area contributed by atoms with Crippen LogP contribution in [0, 0.1) is 17.6 Å². The van der Waals surface area contributed by atoms with Crippen molar-refractivity contribution in [2.75, 3.05) is 51.8 Å². The second-order valence-corrected chi connectivity index (χ2v) is 8.84. The zero-order valence-corrected chi connectivity index (χ0v) is 17.3. The van der Waals surface area contributed by atoms with E-state index >= 15 is 0 Å². The van der Waals surface area contributed by atoms with Crippen LogP contribution in [0.5, 0.6) is 0 Å². The summed E-state index contributed by atoms with van der Waals surface area (Å²) in [6.07, 6.45) is 2.92. The van der Waals surface area contributed by atoms with E-state index in [1.165, 1.54) is 6.07 Å². The van der Waals surface area contributed by atoms with E-state index in [-0.39, 0.29) is 17.3 Å². The van der Waals surface area contributed by atoms with Crippen LogP contribution >= 0.6 is 11.3 Å². The van der Waals surface area contributed by atoms with Gasteiger partial charge in [0.2, 0.25) is 5.91 Å². The highest BCUT2D eigenvalue weighted by Gasteiger charge is 2.33. The van der Waals surface area contributed by atoms with Crippen molar-refractivity contribution in [3.05, 3.63) is 23.8 Å². The Morgan fingerprint density at radius 2 is 2.17 bits per heavy atom. The number of ether oxygens (including phenoxy) is 1. The van der Waals surface area contributed by atoms with Gasteiger partial charge in [-0.1, -0.05) is 11.3 Å². The monoisotopic (exact) mass is 424 g/mol. The quantitative estimate of drug-likeness (QED) is 0.773. The number of carbonyl (C=O) groups excluding carboxylic acids is 1. The fraction of sp³-hybridized carbons (Fsp3) is 0.600. The van der Waals surface area contributed by atoms with Gasteiger partial charge in [-0.05, 0) is 38.4 Å². The highest BCUT2D eigenvalue weighted by molar-refractivity contribution is 7.22. The largest absolute Gasteiger partial charge is 0.383 e. The number of aromatic nitrogens is 1. The number of halogens is 2. The molecular formula is C20H26F2N4O2S. The Morgan fingerprint density at radius 3 is 3.00 bits per heavy atom. The number of carbonyl (C=O) groups is 1. The van der Waals surface area contributed by atoms with Gasteiger partial charge in [0.05, 0.1) is 17.2 Å². The molecule has 2 aliphatic rings. The first kappa shape index (κ1) is 20.6. The highest BCUT2D eigenvalue weighted by Crippen LogP contribution is 2.30. The van der Waals surface area contributed by atoms with Crippen molar-refractivity contribution in [1.29, 1.82) is 0 Å². The molecule has 0 aliphatic carbocycles. The number of anilines is 1. The second kappa shape index (κ2) is 8.99. The zero-order chi connectivity index (χ0) is 20.4. The van der Waals surface area contributed by atoms with Crippen LogP contribution in [0.25, 0.3) is 10.2 Å². The molecule has 1 N–H and O–H groups in total. The number of fused-ring (bicyclic) bond motifs is 1. The Balaban J connectivity index is 1.36. The molecule has 6 nitrogen and oxygen atoms in total. The van der Waals surface area contributed by atoms with Crippen molar-refractivity contribution in [3.63, 3.8) is 0 Å². The molecule has 4 rings (SSSR count). The molecule has 2 aliphatic heterocycles. The van der Waals surface area contributed by atoms with Crippen molar-refractivity contribution < 1.29 is 18.3 Å². The van der Waals surface area contributed by atoms with E-state index in [0.717, 1.165) is 76.0 Å². The third-order valence-corrected chi connectivity index (χ3v) is 6.76. The van der Waals surface area contributed by atoms with E-state index in [9.17, 15) is 13.6 Å². The molecule has 158 valence electrons. The first-order chi connectivity index (χ1) is 14.0. The Morgan fingerprint density at radius 1 is 1.31 bits per heavy atom. The predicted molar refractivity (Wildman–Crippen MR) is 109 cm³/mol. The number of benzene rings is 1. The molecule has 1 aromatic heterocycles. The van der Waals surface area contributed by atoms with Gasteiger partial charge in [0, 0.05) is 38.9 Å². The number of nitrogens with one attached hydrogen (secondary N) is 1. The van der Waals surface area contributed by atoms with Crippen molar-refractivity contribution in [3.8, 4) is 0 Å². The summed E-state index contributed by atoms with van der Waals surface area (Å²) in [7, 11) is 1.72. The lowest BCUT2D eigenvalue weighted by Gasteiger charge is -2.36. The molecule has 2 atom stereocenters. The van der Waals surface area contributed by atoms with E-state index in [4.69, 9.17) is 4.74 Å². The Kier molecular flexibility index (Phi) is 6.38. The molecule has 0 spiro atoms. The third kappa shape index (κ3) is 4.74. The number of hydrogen-bond donors (Lipinski definition) is 1. The summed E-state index contributed by atoms with van der Waals surface area (Å²) in [4.78, 5) is 21.8. The fourth-order valence-corrected chi connectivity index (χ4v) is 5.21. The van der Waals surface area contributed by atoms with Gasteiger partial charge >= 0.3 is 0 Å².